The quantitative estimate of drug-likeness (QED) is 0.622. The van der Waals surface area contributed by atoms with Crippen molar-refractivity contribution in [2.45, 2.75) is 20.1 Å². The van der Waals surface area contributed by atoms with Crippen LogP contribution in [0.15, 0.2) is 29.1 Å². The molecule has 0 atom stereocenters. The lowest BCUT2D eigenvalue weighted by Gasteiger charge is -2.17. The van der Waals surface area contributed by atoms with Gasteiger partial charge in [-0.2, -0.15) is 0 Å². The standard InChI is InChI=1S/C16H19N3O3S2/c1-3-21-14(22-4-2)8-17-15(20)12-10-24-16-18-11(9-19(12)16)13-6-5-7-23-13/h5-7,9-10,14H,3-4,8H2,1-2H3,(H,17,20). The smallest absolute Gasteiger partial charge is 0.269 e. The number of fused-ring (bicyclic) bond motifs is 1. The van der Waals surface area contributed by atoms with Crippen molar-refractivity contribution < 1.29 is 14.3 Å². The fraction of sp³-hybridized carbons (Fsp3) is 0.375. The first-order chi connectivity index (χ1) is 11.7. The Morgan fingerprint density at radius 1 is 1.33 bits per heavy atom. The van der Waals surface area contributed by atoms with Gasteiger partial charge in [0.15, 0.2) is 11.3 Å². The predicted octanol–water partition coefficient (Wildman–Crippen LogP) is 3.25. The second-order valence-corrected chi connectivity index (χ2v) is 6.71. The highest BCUT2D eigenvalue weighted by molar-refractivity contribution is 7.15. The van der Waals surface area contributed by atoms with Gasteiger partial charge in [0, 0.05) is 24.8 Å². The molecular weight excluding hydrogens is 346 g/mol. The minimum atomic E-state index is -0.428. The van der Waals surface area contributed by atoms with Crippen LogP contribution in [0.5, 0.6) is 0 Å². The molecule has 0 spiro atoms. The van der Waals surface area contributed by atoms with Crippen LogP contribution in [0.4, 0.5) is 0 Å². The van der Waals surface area contributed by atoms with E-state index in [1.54, 1.807) is 11.3 Å². The van der Waals surface area contributed by atoms with Gasteiger partial charge in [0.1, 0.15) is 11.4 Å². The molecule has 24 heavy (non-hydrogen) atoms. The van der Waals surface area contributed by atoms with Crippen LogP contribution in [0.25, 0.3) is 15.5 Å². The highest BCUT2D eigenvalue weighted by Gasteiger charge is 2.17. The Bertz CT molecular complexity index is 789. The normalized spacial score (nSPS) is 11.5. The first-order valence-corrected chi connectivity index (χ1v) is 9.50. The van der Waals surface area contributed by atoms with Crippen molar-refractivity contribution in [3.8, 4) is 10.6 Å². The fourth-order valence-electron chi connectivity index (χ4n) is 2.29. The summed E-state index contributed by atoms with van der Waals surface area (Å²) in [5.74, 6) is -0.166. The number of nitrogens with one attached hydrogen (secondary N) is 1. The maximum atomic E-state index is 12.5. The van der Waals surface area contributed by atoms with Gasteiger partial charge in [0.25, 0.3) is 5.91 Å². The fourth-order valence-corrected chi connectivity index (χ4v) is 3.83. The molecular formula is C16H19N3O3S2. The van der Waals surface area contributed by atoms with Gasteiger partial charge < -0.3 is 14.8 Å². The minimum Gasteiger partial charge on any atom is -0.351 e. The van der Waals surface area contributed by atoms with Gasteiger partial charge >= 0.3 is 0 Å². The van der Waals surface area contributed by atoms with E-state index >= 15 is 0 Å². The Kier molecular flexibility index (Phi) is 5.62. The van der Waals surface area contributed by atoms with Crippen LogP contribution < -0.4 is 5.32 Å². The number of ether oxygens (including phenoxy) is 2. The molecule has 0 fully saturated rings. The molecule has 6 nitrogen and oxygen atoms in total. The number of aromatic nitrogens is 2. The summed E-state index contributed by atoms with van der Waals surface area (Å²) in [6.07, 6.45) is 1.47. The third-order valence-electron chi connectivity index (χ3n) is 3.35. The van der Waals surface area contributed by atoms with Gasteiger partial charge in [0.05, 0.1) is 11.4 Å². The van der Waals surface area contributed by atoms with Crippen molar-refractivity contribution in [2.75, 3.05) is 19.8 Å². The van der Waals surface area contributed by atoms with E-state index < -0.39 is 6.29 Å². The van der Waals surface area contributed by atoms with Gasteiger partial charge in [0.2, 0.25) is 0 Å². The number of imidazole rings is 1. The number of hydrogen-bond acceptors (Lipinski definition) is 6. The predicted molar refractivity (Wildman–Crippen MR) is 95.8 cm³/mol. The van der Waals surface area contributed by atoms with Gasteiger partial charge in [-0.1, -0.05) is 6.07 Å². The summed E-state index contributed by atoms with van der Waals surface area (Å²) in [6, 6.07) is 4.01. The van der Waals surface area contributed by atoms with Crippen molar-refractivity contribution >= 4 is 33.5 Å². The Morgan fingerprint density at radius 2 is 2.12 bits per heavy atom. The molecule has 0 aliphatic heterocycles. The Balaban J connectivity index is 1.73. The van der Waals surface area contributed by atoms with Crippen molar-refractivity contribution in [2.24, 2.45) is 0 Å². The lowest BCUT2D eigenvalue weighted by atomic mass is 10.4. The molecule has 3 heterocycles. The number of amides is 1. The Morgan fingerprint density at radius 3 is 2.79 bits per heavy atom. The zero-order valence-corrected chi connectivity index (χ0v) is 15.2. The lowest BCUT2D eigenvalue weighted by Crippen LogP contribution is -2.35. The van der Waals surface area contributed by atoms with Crippen LogP contribution in [0.2, 0.25) is 0 Å². The summed E-state index contributed by atoms with van der Waals surface area (Å²) in [7, 11) is 0. The van der Waals surface area contributed by atoms with Crippen LogP contribution in [0, 0.1) is 0 Å². The van der Waals surface area contributed by atoms with E-state index in [2.05, 4.69) is 10.3 Å². The number of thiophene rings is 1. The van der Waals surface area contributed by atoms with Crippen LogP contribution in [-0.4, -0.2) is 41.3 Å². The zero-order valence-electron chi connectivity index (χ0n) is 13.5. The average Bonchev–Trinajstić information content (AvgIpc) is 3.27. The number of nitrogens with zero attached hydrogens (tertiary/aromatic N) is 2. The van der Waals surface area contributed by atoms with Crippen LogP contribution in [-0.2, 0) is 9.47 Å². The molecule has 3 aromatic heterocycles. The zero-order chi connectivity index (χ0) is 16.9. The van der Waals surface area contributed by atoms with Gasteiger partial charge in [-0.25, -0.2) is 4.98 Å². The molecule has 0 bridgehead atoms. The topological polar surface area (TPSA) is 64.9 Å². The Labute approximate surface area is 148 Å². The molecule has 0 unspecified atom stereocenters. The van der Waals surface area contributed by atoms with E-state index in [9.17, 15) is 4.79 Å². The largest absolute Gasteiger partial charge is 0.351 e. The van der Waals surface area contributed by atoms with Crippen LogP contribution in [0.3, 0.4) is 0 Å². The molecule has 0 aliphatic carbocycles. The number of hydrogen-bond donors (Lipinski definition) is 1. The van der Waals surface area contributed by atoms with E-state index in [1.807, 2.05) is 47.3 Å². The summed E-state index contributed by atoms with van der Waals surface area (Å²) in [6.45, 7) is 5.18. The van der Waals surface area contributed by atoms with Crippen molar-refractivity contribution in [1.29, 1.82) is 0 Å². The van der Waals surface area contributed by atoms with E-state index in [1.165, 1.54) is 11.3 Å². The van der Waals surface area contributed by atoms with Crippen LogP contribution in [0.1, 0.15) is 24.3 Å². The number of rotatable bonds is 8. The van der Waals surface area contributed by atoms with E-state index in [0.29, 0.717) is 25.5 Å². The van der Waals surface area contributed by atoms with E-state index in [4.69, 9.17) is 9.47 Å². The second kappa shape index (κ2) is 7.89. The number of carbonyl (C=O) groups is 1. The molecule has 3 aromatic rings. The first kappa shape index (κ1) is 17.1. The minimum absolute atomic E-state index is 0.166. The lowest BCUT2D eigenvalue weighted by molar-refractivity contribution is -0.131. The summed E-state index contributed by atoms with van der Waals surface area (Å²) >= 11 is 3.08. The number of carbonyl (C=O) groups excluding carboxylic acids is 1. The summed E-state index contributed by atoms with van der Waals surface area (Å²) < 4.78 is 12.7. The van der Waals surface area contributed by atoms with E-state index in [-0.39, 0.29) is 5.91 Å². The summed E-state index contributed by atoms with van der Waals surface area (Å²) in [5.41, 5.74) is 1.45. The van der Waals surface area contributed by atoms with Crippen molar-refractivity contribution in [3.05, 3.63) is 34.8 Å². The average molecular weight is 365 g/mol. The molecule has 0 aliphatic rings. The summed E-state index contributed by atoms with van der Waals surface area (Å²) in [4.78, 5) is 18.9. The molecule has 0 saturated carbocycles. The van der Waals surface area contributed by atoms with Gasteiger partial charge in [-0.3, -0.25) is 9.20 Å². The number of thiazole rings is 1. The third kappa shape index (κ3) is 3.67. The molecule has 1 N–H and O–H groups in total. The third-order valence-corrected chi connectivity index (χ3v) is 5.08. The SMILES string of the molecule is CCOC(CNC(=O)c1csc2nc(-c3cccs3)cn12)OCC. The van der Waals surface area contributed by atoms with Gasteiger partial charge in [-0.15, -0.1) is 22.7 Å². The molecule has 128 valence electrons. The molecule has 0 saturated heterocycles. The molecule has 3 rings (SSSR count). The van der Waals surface area contributed by atoms with E-state index in [0.717, 1.165) is 15.5 Å². The maximum Gasteiger partial charge on any atom is 0.269 e. The molecule has 1 amide bonds. The second-order valence-electron chi connectivity index (χ2n) is 4.93. The highest BCUT2D eigenvalue weighted by atomic mass is 32.1. The monoisotopic (exact) mass is 365 g/mol. The highest BCUT2D eigenvalue weighted by Crippen LogP contribution is 2.26. The summed E-state index contributed by atoms with van der Waals surface area (Å²) in [5, 5.41) is 6.69. The maximum absolute atomic E-state index is 12.5. The van der Waals surface area contributed by atoms with Crippen molar-refractivity contribution in [3.63, 3.8) is 0 Å². The van der Waals surface area contributed by atoms with Gasteiger partial charge in [-0.05, 0) is 25.3 Å². The van der Waals surface area contributed by atoms with Crippen molar-refractivity contribution in [1.82, 2.24) is 14.7 Å². The molecule has 8 heteroatoms. The molecule has 0 radical (unpaired) electrons. The Hall–Kier alpha value is -1.74. The van der Waals surface area contributed by atoms with Crippen LogP contribution >= 0.6 is 22.7 Å². The molecule has 0 aromatic carbocycles. The first-order valence-electron chi connectivity index (χ1n) is 7.74.